The molecule has 1 aromatic rings. The third-order valence-corrected chi connectivity index (χ3v) is 4.96. The summed E-state index contributed by atoms with van der Waals surface area (Å²) in [4.78, 5) is 0. The summed E-state index contributed by atoms with van der Waals surface area (Å²) in [5, 5.41) is 4.06. The van der Waals surface area contributed by atoms with E-state index in [1.165, 1.54) is 25.0 Å². The molecule has 1 unspecified atom stereocenters. The molecule has 1 aliphatic carbocycles. The number of hydrogen-bond acceptors (Lipinski definition) is 2. The molecular weight excluding hydrogens is 300 g/mol. The van der Waals surface area contributed by atoms with Crippen molar-refractivity contribution in [3.8, 4) is 0 Å². The summed E-state index contributed by atoms with van der Waals surface area (Å²) in [7, 11) is 0. The van der Waals surface area contributed by atoms with E-state index in [-0.39, 0.29) is 11.6 Å². The molecule has 1 N–H and O–H groups in total. The molecule has 0 radical (unpaired) electrons. The van der Waals surface area contributed by atoms with Gasteiger partial charge in [-0.3, -0.25) is 0 Å². The van der Waals surface area contributed by atoms with E-state index in [1.54, 1.807) is 0 Å². The van der Waals surface area contributed by atoms with Crippen molar-refractivity contribution in [1.82, 2.24) is 0 Å². The largest absolute Gasteiger partial charge is 0.380 e. The van der Waals surface area contributed by atoms with Gasteiger partial charge in [0, 0.05) is 12.6 Å². The standard InChI is InChI=1S/C15H18Cl2FNO/c16-12-7-10(18)8-13(17)14(12)19-11-3-6-20-15(9-11)4-1-2-5-15/h7-8,11,19H,1-6,9H2. The van der Waals surface area contributed by atoms with Crippen molar-refractivity contribution in [2.75, 3.05) is 11.9 Å². The minimum atomic E-state index is -0.412. The molecule has 1 heterocycles. The van der Waals surface area contributed by atoms with Crippen molar-refractivity contribution in [2.45, 2.75) is 50.2 Å². The molecule has 1 saturated carbocycles. The molecule has 5 heteroatoms. The van der Waals surface area contributed by atoms with Gasteiger partial charge in [0.15, 0.2) is 0 Å². The van der Waals surface area contributed by atoms with Crippen molar-refractivity contribution < 1.29 is 9.13 Å². The lowest BCUT2D eigenvalue weighted by Crippen LogP contribution is -2.42. The second-order valence-corrected chi connectivity index (χ2v) is 6.63. The molecule has 2 fully saturated rings. The summed E-state index contributed by atoms with van der Waals surface area (Å²) in [5.41, 5.74) is 0.671. The summed E-state index contributed by atoms with van der Waals surface area (Å²) in [6.45, 7) is 0.758. The minimum Gasteiger partial charge on any atom is -0.380 e. The molecule has 2 nitrogen and oxygen atoms in total. The molecule has 1 saturated heterocycles. The van der Waals surface area contributed by atoms with E-state index in [2.05, 4.69) is 5.32 Å². The lowest BCUT2D eigenvalue weighted by Gasteiger charge is -2.39. The average Bonchev–Trinajstić information content (AvgIpc) is 2.82. The molecule has 0 amide bonds. The summed E-state index contributed by atoms with van der Waals surface area (Å²) >= 11 is 12.2. The number of anilines is 1. The maximum absolute atomic E-state index is 13.2. The summed E-state index contributed by atoms with van der Waals surface area (Å²) in [6.07, 6.45) is 6.64. The van der Waals surface area contributed by atoms with E-state index in [9.17, 15) is 4.39 Å². The zero-order valence-corrected chi connectivity index (χ0v) is 12.7. The fourth-order valence-electron chi connectivity index (χ4n) is 3.40. The number of nitrogens with one attached hydrogen (secondary N) is 1. The molecule has 1 spiro atoms. The van der Waals surface area contributed by atoms with Gasteiger partial charge < -0.3 is 10.1 Å². The quantitative estimate of drug-likeness (QED) is 0.825. The first-order chi connectivity index (χ1) is 9.58. The van der Waals surface area contributed by atoms with Crippen LogP contribution in [0.4, 0.5) is 10.1 Å². The van der Waals surface area contributed by atoms with E-state index in [0.717, 1.165) is 32.3 Å². The lowest BCUT2D eigenvalue weighted by molar-refractivity contribution is -0.0767. The van der Waals surface area contributed by atoms with Crippen LogP contribution in [0.25, 0.3) is 0 Å². The topological polar surface area (TPSA) is 21.3 Å². The number of ether oxygens (including phenoxy) is 1. The third kappa shape index (κ3) is 2.90. The van der Waals surface area contributed by atoms with Gasteiger partial charge in [0.25, 0.3) is 0 Å². The van der Waals surface area contributed by atoms with Crippen LogP contribution in [-0.4, -0.2) is 18.2 Å². The van der Waals surface area contributed by atoms with Crippen LogP contribution in [0.15, 0.2) is 12.1 Å². The number of benzene rings is 1. The number of hydrogen-bond donors (Lipinski definition) is 1. The van der Waals surface area contributed by atoms with Crippen molar-refractivity contribution >= 4 is 28.9 Å². The fraction of sp³-hybridized carbons (Fsp3) is 0.600. The second-order valence-electron chi connectivity index (χ2n) is 5.82. The van der Waals surface area contributed by atoms with Crippen molar-refractivity contribution in [1.29, 1.82) is 0 Å². The van der Waals surface area contributed by atoms with E-state index in [0.29, 0.717) is 15.7 Å². The van der Waals surface area contributed by atoms with Gasteiger partial charge in [-0.1, -0.05) is 36.0 Å². The third-order valence-electron chi connectivity index (χ3n) is 4.36. The van der Waals surface area contributed by atoms with Crippen LogP contribution >= 0.6 is 23.2 Å². The van der Waals surface area contributed by atoms with Crippen LogP contribution in [-0.2, 0) is 4.74 Å². The maximum Gasteiger partial charge on any atom is 0.126 e. The van der Waals surface area contributed by atoms with E-state index >= 15 is 0 Å². The zero-order valence-electron chi connectivity index (χ0n) is 11.2. The molecular formula is C15H18Cl2FNO. The normalized spacial score (nSPS) is 25.1. The SMILES string of the molecule is Fc1cc(Cl)c(NC2CCOC3(CCCC3)C2)c(Cl)c1. The van der Waals surface area contributed by atoms with E-state index in [4.69, 9.17) is 27.9 Å². The van der Waals surface area contributed by atoms with Gasteiger partial charge in [0.2, 0.25) is 0 Å². The number of halogens is 3. The van der Waals surface area contributed by atoms with Crippen molar-refractivity contribution in [2.24, 2.45) is 0 Å². The Kier molecular flexibility index (Phi) is 4.11. The Hall–Kier alpha value is -0.510. The highest BCUT2D eigenvalue weighted by Gasteiger charge is 2.40. The van der Waals surface area contributed by atoms with Crippen LogP contribution in [0, 0.1) is 5.82 Å². The first-order valence-corrected chi connectivity index (χ1v) is 7.89. The van der Waals surface area contributed by atoms with Crippen LogP contribution in [0.2, 0.25) is 10.0 Å². The molecule has 20 heavy (non-hydrogen) atoms. The van der Waals surface area contributed by atoms with Crippen LogP contribution in [0.3, 0.4) is 0 Å². The molecule has 1 aromatic carbocycles. The highest BCUT2D eigenvalue weighted by Crippen LogP contribution is 2.41. The molecule has 1 atom stereocenters. The second kappa shape index (κ2) is 5.70. The van der Waals surface area contributed by atoms with Gasteiger partial charge in [-0.15, -0.1) is 0 Å². The molecule has 0 bridgehead atoms. The maximum atomic E-state index is 13.2. The van der Waals surface area contributed by atoms with Gasteiger partial charge >= 0.3 is 0 Å². The molecule has 3 rings (SSSR count). The predicted octanol–water partition coefficient (Wildman–Crippen LogP) is 5.04. The number of rotatable bonds is 2. The Morgan fingerprint density at radius 3 is 2.50 bits per heavy atom. The zero-order chi connectivity index (χ0) is 14.2. The van der Waals surface area contributed by atoms with Gasteiger partial charge in [0.05, 0.1) is 21.3 Å². The molecule has 1 aliphatic heterocycles. The van der Waals surface area contributed by atoms with Crippen LogP contribution < -0.4 is 5.32 Å². The molecule has 0 aromatic heterocycles. The monoisotopic (exact) mass is 317 g/mol. The molecule has 2 aliphatic rings. The highest BCUT2D eigenvalue weighted by atomic mass is 35.5. The molecule has 110 valence electrons. The van der Waals surface area contributed by atoms with Gasteiger partial charge in [-0.2, -0.15) is 0 Å². The Morgan fingerprint density at radius 2 is 1.85 bits per heavy atom. The van der Waals surface area contributed by atoms with Crippen LogP contribution in [0.1, 0.15) is 38.5 Å². The Bertz CT molecular complexity index is 480. The predicted molar refractivity (Wildman–Crippen MR) is 80.2 cm³/mol. The van der Waals surface area contributed by atoms with Crippen molar-refractivity contribution in [3.63, 3.8) is 0 Å². The summed E-state index contributed by atoms with van der Waals surface area (Å²) in [6, 6.07) is 2.86. The first-order valence-electron chi connectivity index (χ1n) is 7.13. The Balaban J connectivity index is 1.74. The minimum absolute atomic E-state index is 0.0366. The van der Waals surface area contributed by atoms with Gasteiger partial charge in [-0.25, -0.2) is 4.39 Å². The van der Waals surface area contributed by atoms with Crippen LogP contribution in [0.5, 0.6) is 0 Å². The summed E-state index contributed by atoms with van der Waals surface area (Å²) < 4.78 is 19.2. The fourth-order valence-corrected chi connectivity index (χ4v) is 3.97. The smallest absolute Gasteiger partial charge is 0.126 e. The Morgan fingerprint density at radius 1 is 1.20 bits per heavy atom. The average molecular weight is 318 g/mol. The van der Waals surface area contributed by atoms with Gasteiger partial charge in [0.1, 0.15) is 5.82 Å². The van der Waals surface area contributed by atoms with Gasteiger partial charge in [-0.05, 0) is 37.8 Å². The Labute approximate surface area is 128 Å². The van der Waals surface area contributed by atoms with Crippen molar-refractivity contribution in [3.05, 3.63) is 28.0 Å². The van der Waals surface area contributed by atoms with E-state index in [1.807, 2.05) is 0 Å². The highest BCUT2D eigenvalue weighted by molar-refractivity contribution is 6.39. The van der Waals surface area contributed by atoms with E-state index < -0.39 is 5.82 Å². The lowest BCUT2D eigenvalue weighted by atomic mass is 9.89. The summed E-state index contributed by atoms with van der Waals surface area (Å²) in [5.74, 6) is -0.412. The first kappa shape index (κ1) is 14.4.